The Morgan fingerprint density at radius 3 is 2.81 bits per heavy atom. The van der Waals surface area contributed by atoms with E-state index in [1.807, 2.05) is 12.3 Å². The largest absolute Gasteiger partial charge is 0.356 e. The Bertz CT molecular complexity index is 332. The van der Waals surface area contributed by atoms with Gasteiger partial charge in [0.15, 0.2) is 0 Å². The lowest BCUT2D eigenvalue weighted by atomic mass is 9.94. The molecular weight excluding hydrogens is 220 g/mol. The van der Waals surface area contributed by atoms with Crippen molar-refractivity contribution in [1.82, 2.24) is 4.98 Å². The third-order valence-corrected chi connectivity index (χ3v) is 3.79. The average Bonchev–Trinajstić information content (AvgIpc) is 2.39. The number of aromatic nitrogens is 1. The summed E-state index contributed by atoms with van der Waals surface area (Å²) in [6.07, 6.45) is 5.74. The van der Waals surface area contributed by atoms with Gasteiger partial charge in [-0.15, -0.1) is 11.6 Å². The van der Waals surface area contributed by atoms with Gasteiger partial charge in [0.2, 0.25) is 0 Å². The number of hydrogen-bond acceptors (Lipinski definition) is 2. The van der Waals surface area contributed by atoms with Crippen molar-refractivity contribution in [2.75, 3.05) is 18.0 Å². The van der Waals surface area contributed by atoms with E-state index in [1.165, 1.54) is 19.3 Å². The van der Waals surface area contributed by atoms with Gasteiger partial charge < -0.3 is 4.90 Å². The summed E-state index contributed by atoms with van der Waals surface area (Å²) in [4.78, 5) is 6.84. The molecule has 0 aliphatic carbocycles. The summed E-state index contributed by atoms with van der Waals surface area (Å²) in [5.74, 6) is 2.54. The summed E-state index contributed by atoms with van der Waals surface area (Å²) in [5.41, 5.74) is 1.15. The zero-order chi connectivity index (χ0) is 11.4. The highest BCUT2D eigenvalue weighted by molar-refractivity contribution is 6.17. The molecule has 0 aromatic carbocycles. The van der Waals surface area contributed by atoms with Crippen molar-refractivity contribution < 1.29 is 0 Å². The Labute approximate surface area is 103 Å². The van der Waals surface area contributed by atoms with Crippen molar-refractivity contribution in [3.05, 3.63) is 23.9 Å². The van der Waals surface area contributed by atoms with Gasteiger partial charge in [-0.3, -0.25) is 0 Å². The molecule has 0 amide bonds. The van der Waals surface area contributed by atoms with Crippen molar-refractivity contribution in [2.24, 2.45) is 5.92 Å². The molecule has 2 nitrogen and oxygen atoms in total. The van der Waals surface area contributed by atoms with Crippen LogP contribution in [0.15, 0.2) is 18.3 Å². The van der Waals surface area contributed by atoms with Gasteiger partial charge in [-0.1, -0.05) is 19.4 Å². The van der Waals surface area contributed by atoms with Gasteiger partial charge in [0.1, 0.15) is 5.82 Å². The molecule has 1 aromatic rings. The smallest absolute Gasteiger partial charge is 0.132 e. The van der Waals surface area contributed by atoms with E-state index in [-0.39, 0.29) is 0 Å². The highest BCUT2D eigenvalue weighted by atomic mass is 35.5. The summed E-state index contributed by atoms with van der Waals surface area (Å²) < 4.78 is 0. The van der Waals surface area contributed by atoms with Crippen LogP contribution in [0.25, 0.3) is 0 Å². The summed E-state index contributed by atoms with van der Waals surface area (Å²) >= 11 is 5.94. The molecule has 1 fully saturated rings. The first kappa shape index (κ1) is 11.7. The van der Waals surface area contributed by atoms with Crippen LogP contribution in [0.2, 0.25) is 0 Å². The summed E-state index contributed by atoms with van der Waals surface area (Å²) in [5, 5.41) is 0. The SMILES string of the molecule is CCC1CCN(c2ncccc2CCl)CC1. The standard InChI is InChI=1S/C13H19ClN2/c1-2-11-5-8-16(9-6-11)13-12(10-14)4-3-7-15-13/h3-4,7,11H,2,5-6,8-10H2,1H3. The number of piperidine rings is 1. The van der Waals surface area contributed by atoms with Gasteiger partial charge in [-0.25, -0.2) is 4.98 Å². The third kappa shape index (κ3) is 2.49. The summed E-state index contributed by atoms with van der Waals surface area (Å²) in [7, 11) is 0. The molecule has 0 atom stereocenters. The van der Waals surface area contributed by atoms with E-state index >= 15 is 0 Å². The molecule has 3 heteroatoms. The summed E-state index contributed by atoms with van der Waals surface area (Å²) in [6.45, 7) is 4.53. The molecule has 1 aliphatic rings. The average molecular weight is 239 g/mol. The topological polar surface area (TPSA) is 16.1 Å². The lowest BCUT2D eigenvalue weighted by Crippen LogP contribution is -2.34. The Morgan fingerprint density at radius 1 is 1.44 bits per heavy atom. The lowest BCUT2D eigenvalue weighted by molar-refractivity contribution is 0.393. The van der Waals surface area contributed by atoms with Crippen molar-refractivity contribution in [3.63, 3.8) is 0 Å². The first-order valence-corrected chi connectivity index (χ1v) is 6.63. The molecule has 1 aromatic heterocycles. The van der Waals surface area contributed by atoms with Gasteiger partial charge in [0.25, 0.3) is 0 Å². The predicted molar refractivity (Wildman–Crippen MR) is 69.0 cm³/mol. The van der Waals surface area contributed by atoms with E-state index in [0.717, 1.165) is 30.4 Å². The quantitative estimate of drug-likeness (QED) is 0.750. The normalized spacial score (nSPS) is 17.8. The maximum Gasteiger partial charge on any atom is 0.132 e. The van der Waals surface area contributed by atoms with Gasteiger partial charge in [-0.2, -0.15) is 0 Å². The first-order valence-electron chi connectivity index (χ1n) is 6.10. The minimum atomic E-state index is 0.552. The molecule has 0 unspecified atom stereocenters. The number of nitrogens with zero attached hydrogens (tertiary/aromatic N) is 2. The second-order valence-corrected chi connectivity index (χ2v) is 4.73. The van der Waals surface area contributed by atoms with Crippen LogP contribution >= 0.6 is 11.6 Å². The van der Waals surface area contributed by atoms with Gasteiger partial charge in [0, 0.05) is 24.8 Å². The molecule has 0 saturated carbocycles. The van der Waals surface area contributed by atoms with Gasteiger partial charge >= 0.3 is 0 Å². The highest BCUT2D eigenvalue weighted by Crippen LogP contribution is 2.26. The summed E-state index contributed by atoms with van der Waals surface area (Å²) in [6, 6.07) is 4.03. The highest BCUT2D eigenvalue weighted by Gasteiger charge is 2.20. The fraction of sp³-hybridized carbons (Fsp3) is 0.615. The first-order chi connectivity index (χ1) is 7.85. The van der Waals surface area contributed by atoms with Crippen LogP contribution in [-0.4, -0.2) is 18.1 Å². The molecule has 16 heavy (non-hydrogen) atoms. The predicted octanol–water partition coefficient (Wildman–Crippen LogP) is 3.45. The van der Waals surface area contributed by atoms with Crippen LogP contribution < -0.4 is 4.90 Å². The van der Waals surface area contributed by atoms with E-state index in [9.17, 15) is 0 Å². The van der Waals surface area contributed by atoms with Crippen molar-refractivity contribution >= 4 is 17.4 Å². The molecule has 0 radical (unpaired) electrons. The van der Waals surface area contributed by atoms with Gasteiger partial charge in [-0.05, 0) is 24.8 Å². The Hall–Kier alpha value is -0.760. The minimum absolute atomic E-state index is 0.552. The monoisotopic (exact) mass is 238 g/mol. The Morgan fingerprint density at radius 2 is 2.19 bits per heavy atom. The maximum atomic E-state index is 5.94. The fourth-order valence-electron chi connectivity index (χ4n) is 2.37. The van der Waals surface area contributed by atoms with E-state index < -0.39 is 0 Å². The Balaban J connectivity index is 2.07. The van der Waals surface area contributed by atoms with Crippen LogP contribution in [0.3, 0.4) is 0 Å². The molecule has 0 N–H and O–H groups in total. The lowest BCUT2D eigenvalue weighted by Gasteiger charge is -2.33. The van der Waals surface area contributed by atoms with Crippen LogP contribution in [0, 0.1) is 5.92 Å². The Kier molecular flexibility index (Phi) is 4.05. The molecule has 2 heterocycles. The van der Waals surface area contributed by atoms with Crippen LogP contribution in [-0.2, 0) is 5.88 Å². The van der Waals surface area contributed by atoms with E-state index in [1.54, 1.807) is 0 Å². The fourth-order valence-corrected chi connectivity index (χ4v) is 2.58. The van der Waals surface area contributed by atoms with Crippen molar-refractivity contribution in [1.29, 1.82) is 0 Å². The number of alkyl halides is 1. The molecule has 0 bridgehead atoms. The van der Waals surface area contributed by atoms with Gasteiger partial charge in [0.05, 0.1) is 5.88 Å². The van der Waals surface area contributed by atoms with Crippen LogP contribution in [0.1, 0.15) is 31.7 Å². The number of rotatable bonds is 3. The second-order valence-electron chi connectivity index (χ2n) is 4.46. The number of hydrogen-bond donors (Lipinski definition) is 0. The maximum absolute atomic E-state index is 5.94. The number of pyridine rings is 1. The third-order valence-electron chi connectivity index (χ3n) is 3.50. The van der Waals surface area contributed by atoms with E-state index in [4.69, 9.17) is 11.6 Å². The zero-order valence-electron chi connectivity index (χ0n) is 9.82. The van der Waals surface area contributed by atoms with Crippen molar-refractivity contribution in [2.45, 2.75) is 32.1 Å². The zero-order valence-corrected chi connectivity index (χ0v) is 10.6. The van der Waals surface area contributed by atoms with E-state index in [0.29, 0.717) is 5.88 Å². The van der Waals surface area contributed by atoms with E-state index in [2.05, 4.69) is 22.9 Å². The number of halogens is 1. The molecule has 0 spiro atoms. The van der Waals surface area contributed by atoms with Crippen molar-refractivity contribution in [3.8, 4) is 0 Å². The minimum Gasteiger partial charge on any atom is -0.356 e. The molecule has 2 rings (SSSR count). The van der Waals surface area contributed by atoms with Crippen LogP contribution in [0.5, 0.6) is 0 Å². The van der Waals surface area contributed by atoms with Crippen LogP contribution in [0.4, 0.5) is 5.82 Å². The molecule has 88 valence electrons. The molecule has 1 aliphatic heterocycles. The second kappa shape index (κ2) is 5.53. The number of anilines is 1. The molecule has 1 saturated heterocycles. The molecular formula is C13H19ClN2.